The minimum Gasteiger partial charge on any atom is -0.445 e. The fraction of sp³-hybridized carbons (Fsp3) is 0.333. The number of aryl methyl sites for hydroxylation is 3. The van der Waals surface area contributed by atoms with Gasteiger partial charge in [-0.15, -0.1) is 0 Å². The van der Waals surface area contributed by atoms with Crippen LogP contribution in [0, 0.1) is 0 Å². The van der Waals surface area contributed by atoms with E-state index in [4.69, 9.17) is 4.42 Å². The van der Waals surface area contributed by atoms with E-state index in [1.807, 2.05) is 25.4 Å². The number of hydrogen-bond acceptors (Lipinski definition) is 5. The average molecular weight is 337 g/mol. The second kappa shape index (κ2) is 6.51. The third-order valence-corrected chi connectivity index (χ3v) is 4.42. The monoisotopic (exact) mass is 337 g/mol. The van der Waals surface area contributed by atoms with Crippen molar-refractivity contribution >= 4 is 5.91 Å². The normalized spacial score (nSPS) is 13.7. The number of oxazole rings is 1. The molecule has 4 heterocycles. The highest BCUT2D eigenvalue weighted by Gasteiger charge is 2.27. The third-order valence-electron chi connectivity index (χ3n) is 4.42. The lowest BCUT2D eigenvalue weighted by Crippen LogP contribution is -2.37. The van der Waals surface area contributed by atoms with E-state index in [2.05, 4.69) is 15.0 Å². The van der Waals surface area contributed by atoms with E-state index in [-0.39, 0.29) is 5.91 Å². The Balaban J connectivity index is 1.44. The van der Waals surface area contributed by atoms with Gasteiger partial charge in [0, 0.05) is 51.2 Å². The molecule has 0 atom stereocenters. The van der Waals surface area contributed by atoms with Crippen LogP contribution in [0.2, 0.25) is 0 Å². The molecule has 1 amide bonds. The molecule has 0 saturated heterocycles. The predicted octanol–water partition coefficient (Wildman–Crippen LogP) is 1.79. The lowest BCUT2D eigenvalue weighted by atomic mass is 10.1. The second-order valence-corrected chi connectivity index (χ2v) is 6.18. The van der Waals surface area contributed by atoms with Crippen molar-refractivity contribution in [2.45, 2.75) is 25.8 Å². The summed E-state index contributed by atoms with van der Waals surface area (Å²) < 4.78 is 7.62. The van der Waals surface area contributed by atoms with Crippen LogP contribution in [-0.4, -0.2) is 36.9 Å². The second-order valence-electron chi connectivity index (χ2n) is 6.18. The zero-order valence-corrected chi connectivity index (χ0v) is 14.1. The van der Waals surface area contributed by atoms with Crippen LogP contribution in [-0.2, 0) is 32.9 Å². The summed E-state index contributed by atoms with van der Waals surface area (Å²) in [6.45, 7) is 1.09. The number of hydrogen-bond donors (Lipinski definition) is 0. The Morgan fingerprint density at radius 2 is 2.24 bits per heavy atom. The molecule has 0 N–H and O–H groups in total. The van der Waals surface area contributed by atoms with Gasteiger partial charge in [-0.1, -0.05) is 6.07 Å². The van der Waals surface area contributed by atoms with E-state index >= 15 is 0 Å². The summed E-state index contributed by atoms with van der Waals surface area (Å²) in [6, 6.07) is 3.97. The predicted molar refractivity (Wildman–Crippen MR) is 89.8 cm³/mol. The highest BCUT2D eigenvalue weighted by Crippen LogP contribution is 2.21. The van der Waals surface area contributed by atoms with E-state index in [9.17, 15) is 4.79 Å². The Labute approximate surface area is 145 Å². The summed E-state index contributed by atoms with van der Waals surface area (Å²) in [7, 11) is 1.82. The Morgan fingerprint density at radius 1 is 1.32 bits per heavy atom. The van der Waals surface area contributed by atoms with Crippen molar-refractivity contribution in [3.63, 3.8) is 0 Å². The Morgan fingerprint density at radius 3 is 3.00 bits per heavy atom. The highest BCUT2D eigenvalue weighted by atomic mass is 16.4. The van der Waals surface area contributed by atoms with Gasteiger partial charge in [-0.25, -0.2) is 9.97 Å². The largest absolute Gasteiger partial charge is 0.445 e. The first-order valence-electron chi connectivity index (χ1n) is 8.33. The maximum Gasteiger partial charge on any atom is 0.290 e. The zero-order chi connectivity index (χ0) is 17.2. The van der Waals surface area contributed by atoms with E-state index in [0.29, 0.717) is 25.3 Å². The van der Waals surface area contributed by atoms with Crippen molar-refractivity contribution in [3.8, 4) is 0 Å². The molecule has 25 heavy (non-hydrogen) atoms. The molecule has 0 fully saturated rings. The molecule has 0 spiro atoms. The topological polar surface area (TPSA) is 77.0 Å². The molecule has 1 aliphatic heterocycles. The summed E-state index contributed by atoms with van der Waals surface area (Å²) in [5, 5.41) is 0. The smallest absolute Gasteiger partial charge is 0.290 e. The molecule has 0 aromatic carbocycles. The minimum atomic E-state index is -0.0712. The summed E-state index contributed by atoms with van der Waals surface area (Å²) in [6.07, 6.45) is 9.28. The highest BCUT2D eigenvalue weighted by molar-refractivity contribution is 5.90. The van der Waals surface area contributed by atoms with Gasteiger partial charge < -0.3 is 13.9 Å². The Hall–Kier alpha value is -2.96. The van der Waals surface area contributed by atoms with Gasteiger partial charge in [0.1, 0.15) is 11.5 Å². The van der Waals surface area contributed by atoms with E-state index in [1.54, 1.807) is 28.1 Å². The van der Waals surface area contributed by atoms with Gasteiger partial charge in [-0.2, -0.15) is 0 Å². The molecule has 0 aliphatic carbocycles. The van der Waals surface area contributed by atoms with Crippen molar-refractivity contribution in [1.82, 2.24) is 24.4 Å². The number of carbonyl (C=O) groups excluding carboxylic acids is 1. The van der Waals surface area contributed by atoms with Crippen LogP contribution in [0.15, 0.2) is 41.3 Å². The molecule has 0 bridgehead atoms. The maximum atomic E-state index is 12.6. The van der Waals surface area contributed by atoms with Crippen molar-refractivity contribution in [2.75, 3.05) is 6.54 Å². The molecule has 3 aromatic heterocycles. The molecule has 0 saturated carbocycles. The van der Waals surface area contributed by atoms with Crippen LogP contribution >= 0.6 is 0 Å². The number of pyridine rings is 1. The first-order chi connectivity index (χ1) is 12.2. The summed E-state index contributed by atoms with van der Waals surface area (Å²) in [5.41, 5.74) is 2.01. The third kappa shape index (κ3) is 3.17. The Kier molecular flexibility index (Phi) is 4.05. The number of aromatic nitrogens is 4. The summed E-state index contributed by atoms with van der Waals surface area (Å²) in [4.78, 5) is 27.2. The standard InChI is InChI=1S/C18H19N5O2/c1-22-10-8-20-17(22)18(24)23-9-6-15-14(12-23)21-16(25-15)5-4-13-3-2-7-19-11-13/h2-3,7-8,10-11H,4-6,9,12H2,1H3. The fourth-order valence-electron chi connectivity index (χ4n) is 3.04. The minimum absolute atomic E-state index is 0.0712. The molecule has 0 radical (unpaired) electrons. The average Bonchev–Trinajstić information content (AvgIpc) is 3.25. The van der Waals surface area contributed by atoms with Crippen LogP contribution in [0.4, 0.5) is 0 Å². The van der Waals surface area contributed by atoms with E-state index in [0.717, 1.165) is 35.7 Å². The number of fused-ring (bicyclic) bond motifs is 1. The fourth-order valence-corrected chi connectivity index (χ4v) is 3.04. The van der Waals surface area contributed by atoms with Crippen LogP contribution in [0.3, 0.4) is 0 Å². The van der Waals surface area contributed by atoms with E-state index in [1.165, 1.54) is 0 Å². The lowest BCUT2D eigenvalue weighted by molar-refractivity contribution is 0.0712. The molecule has 3 aromatic rings. The van der Waals surface area contributed by atoms with Gasteiger partial charge in [-0.05, 0) is 18.1 Å². The number of imidazole rings is 1. The van der Waals surface area contributed by atoms with Crippen LogP contribution in [0.5, 0.6) is 0 Å². The van der Waals surface area contributed by atoms with Gasteiger partial charge in [0.15, 0.2) is 11.7 Å². The number of nitrogens with zero attached hydrogens (tertiary/aromatic N) is 5. The van der Waals surface area contributed by atoms with Gasteiger partial charge in [0.05, 0.1) is 6.54 Å². The Bertz CT molecular complexity index is 884. The van der Waals surface area contributed by atoms with Gasteiger partial charge in [0.25, 0.3) is 5.91 Å². The molecular formula is C18H19N5O2. The van der Waals surface area contributed by atoms with Crippen molar-refractivity contribution in [1.29, 1.82) is 0 Å². The molecular weight excluding hydrogens is 318 g/mol. The van der Waals surface area contributed by atoms with Gasteiger partial charge >= 0.3 is 0 Å². The first-order valence-corrected chi connectivity index (χ1v) is 8.33. The van der Waals surface area contributed by atoms with Crippen molar-refractivity contribution in [2.24, 2.45) is 7.05 Å². The molecule has 0 unspecified atom stereocenters. The maximum absolute atomic E-state index is 12.6. The lowest BCUT2D eigenvalue weighted by Gasteiger charge is -2.24. The number of amides is 1. The number of rotatable bonds is 4. The molecule has 7 heteroatoms. The molecule has 7 nitrogen and oxygen atoms in total. The van der Waals surface area contributed by atoms with Crippen LogP contribution in [0.25, 0.3) is 0 Å². The zero-order valence-electron chi connectivity index (χ0n) is 14.1. The molecule has 1 aliphatic rings. The van der Waals surface area contributed by atoms with Crippen molar-refractivity contribution in [3.05, 3.63) is 65.7 Å². The van der Waals surface area contributed by atoms with E-state index < -0.39 is 0 Å². The van der Waals surface area contributed by atoms with Crippen LogP contribution in [0.1, 0.15) is 33.5 Å². The molecule has 128 valence electrons. The van der Waals surface area contributed by atoms with Crippen molar-refractivity contribution < 1.29 is 9.21 Å². The van der Waals surface area contributed by atoms with Gasteiger partial charge in [0.2, 0.25) is 0 Å². The SMILES string of the molecule is Cn1ccnc1C(=O)N1CCc2oc(CCc3cccnc3)nc2C1. The molecule has 4 rings (SSSR count). The first kappa shape index (κ1) is 15.6. The van der Waals surface area contributed by atoms with Gasteiger partial charge in [-0.3, -0.25) is 9.78 Å². The quantitative estimate of drug-likeness (QED) is 0.725. The summed E-state index contributed by atoms with van der Waals surface area (Å²) in [5.74, 6) is 1.99. The summed E-state index contributed by atoms with van der Waals surface area (Å²) >= 11 is 0. The number of carbonyl (C=O) groups is 1. The van der Waals surface area contributed by atoms with Crippen LogP contribution < -0.4 is 0 Å².